The molecule has 1 aromatic carbocycles. The second-order valence-electron chi connectivity index (χ2n) is 7.97. The Hall–Kier alpha value is -1.59. The van der Waals surface area contributed by atoms with E-state index in [0.717, 1.165) is 37.1 Å². The molecule has 1 saturated heterocycles. The lowest BCUT2D eigenvalue weighted by atomic mass is 9.71. The van der Waals surface area contributed by atoms with Crippen molar-refractivity contribution in [3.05, 3.63) is 29.8 Å². The van der Waals surface area contributed by atoms with Crippen molar-refractivity contribution in [2.24, 2.45) is 11.1 Å². The van der Waals surface area contributed by atoms with Crippen molar-refractivity contribution in [3.63, 3.8) is 0 Å². The Bertz CT molecular complexity index is 641. The normalized spacial score (nSPS) is 20.1. The number of carbonyl (C=O) groups excluding carboxylic acids is 2. The van der Waals surface area contributed by atoms with E-state index in [0.29, 0.717) is 19.4 Å². The Labute approximate surface area is 168 Å². The molecule has 6 heteroatoms. The average Bonchev–Trinajstić information content (AvgIpc) is 3.08. The van der Waals surface area contributed by atoms with E-state index in [4.69, 9.17) is 5.73 Å². The van der Waals surface area contributed by atoms with Gasteiger partial charge in [0.15, 0.2) is 0 Å². The summed E-state index contributed by atoms with van der Waals surface area (Å²) in [6.45, 7) is 3.39. The van der Waals surface area contributed by atoms with Crippen LogP contribution >= 0.6 is 12.4 Å². The van der Waals surface area contributed by atoms with Gasteiger partial charge in [-0.15, -0.1) is 12.4 Å². The Morgan fingerprint density at radius 3 is 2.41 bits per heavy atom. The maximum atomic E-state index is 12.6. The molecule has 5 nitrogen and oxygen atoms in total. The van der Waals surface area contributed by atoms with Crippen molar-refractivity contribution in [1.82, 2.24) is 5.32 Å². The number of hydrogen-bond acceptors (Lipinski definition) is 3. The van der Waals surface area contributed by atoms with Gasteiger partial charge in [-0.3, -0.25) is 9.59 Å². The summed E-state index contributed by atoms with van der Waals surface area (Å²) in [6, 6.07) is 7.91. The van der Waals surface area contributed by atoms with Gasteiger partial charge in [0.1, 0.15) is 0 Å². The molecule has 3 N–H and O–H groups in total. The molecule has 1 unspecified atom stereocenters. The molecule has 2 aliphatic rings. The SMILES string of the molecule is CC(NC(=O)CC1(CN)CCCCC1)c1ccc(N2CCCC2=O)cc1.Cl. The van der Waals surface area contributed by atoms with Crippen LogP contribution in [0.2, 0.25) is 0 Å². The molecule has 1 heterocycles. The summed E-state index contributed by atoms with van der Waals surface area (Å²) in [5, 5.41) is 3.13. The molecule has 2 amide bonds. The van der Waals surface area contributed by atoms with Crippen molar-refractivity contribution in [2.45, 2.75) is 64.3 Å². The highest BCUT2D eigenvalue weighted by Crippen LogP contribution is 2.38. The van der Waals surface area contributed by atoms with Gasteiger partial charge in [-0.2, -0.15) is 0 Å². The summed E-state index contributed by atoms with van der Waals surface area (Å²) in [7, 11) is 0. The highest BCUT2D eigenvalue weighted by Gasteiger charge is 2.33. The zero-order chi connectivity index (χ0) is 18.6. The van der Waals surface area contributed by atoms with Crippen LogP contribution in [0, 0.1) is 5.41 Å². The van der Waals surface area contributed by atoms with Crippen LogP contribution in [-0.2, 0) is 9.59 Å². The van der Waals surface area contributed by atoms with Gasteiger partial charge in [-0.1, -0.05) is 31.4 Å². The molecule has 1 aliphatic carbocycles. The first-order valence-corrected chi connectivity index (χ1v) is 9.93. The van der Waals surface area contributed by atoms with Crippen LogP contribution in [0.25, 0.3) is 0 Å². The minimum atomic E-state index is -0.0516. The summed E-state index contributed by atoms with van der Waals surface area (Å²) >= 11 is 0. The van der Waals surface area contributed by atoms with E-state index < -0.39 is 0 Å². The van der Waals surface area contributed by atoms with Crippen molar-refractivity contribution in [3.8, 4) is 0 Å². The number of nitrogens with one attached hydrogen (secondary N) is 1. The molecule has 1 atom stereocenters. The molecule has 150 valence electrons. The highest BCUT2D eigenvalue weighted by atomic mass is 35.5. The summed E-state index contributed by atoms with van der Waals surface area (Å²) in [6.07, 6.45) is 7.81. The van der Waals surface area contributed by atoms with Crippen LogP contribution in [0.4, 0.5) is 5.69 Å². The van der Waals surface area contributed by atoms with E-state index in [1.807, 2.05) is 36.1 Å². The van der Waals surface area contributed by atoms with Crippen LogP contribution in [0.15, 0.2) is 24.3 Å². The zero-order valence-corrected chi connectivity index (χ0v) is 17.0. The predicted octanol–water partition coefficient (Wildman–Crippen LogP) is 3.71. The van der Waals surface area contributed by atoms with Gasteiger partial charge in [0.2, 0.25) is 11.8 Å². The fourth-order valence-electron chi connectivity index (χ4n) is 4.34. The lowest BCUT2D eigenvalue weighted by molar-refractivity contribution is -0.124. The van der Waals surface area contributed by atoms with Crippen molar-refractivity contribution in [2.75, 3.05) is 18.0 Å². The van der Waals surface area contributed by atoms with E-state index >= 15 is 0 Å². The molecule has 1 aromatic rings. The maximum Gasteiger partial charge on any atom is 0.227 e. The Kier molecular flexibility index (Phi) is 7.68. The maximum absolute atomic E-state index is 12.6. The quantitative estimate of drug-likeness (QED) is 0.773. The average molecular weight is 394 g/mol. The molecule has 0 aromatic heterocycles. The van der Waals surface area contributed by atoms with Gasteiger partial charge in [-0.25, -0.2) is 0 Å². The van der Waals surface area contributed by atoms with E-state index in [1.54, 1.807) is 0 Å². The summed E-state index contributed by atoms with van der Waals surface area (Å²) in [5.41, 5.74) is 7.99. The van der Waals surface area contributed by atoms with E-state index in [9.17, 15) is 9.59 Å². The number of halogens is 1. The largest absolute Gasteiger partial charge is 0.350 e. The van der Waals surface area contributed by atoms with E-state index in [-0.39, 0.29) is 35.7 Å². The van der Waals surface area contributed by atoms with E-state index in [1.165, 1.54) is 19.3 Å². The minimum Gasteiger partial charge on any atom is -0.350 e. The highest BCUT2D eigenvalue weighted by molar-refractivity contribution is 5.95. The van der Waals surface area contributed by atoms with Gasteiger partial charge in [0.05, 0.1) is 6.04 Å². The fraction of sp³-hybridized carbons (Fsp3) is 0.619. The molecule has 1 saturated carbocycles. The first-order valence-electron chi connectivity index (χ1n) is 9.93. The van der Waals surface area contributed by atoms with Crippen molar-refractivity contribution >= 4 is 29.9 Å². The first kappa shape index (κ1) is 21.7. The molecule has 0 radical (unpaired) electrons. The molecule has 1 aliphatic heterocycles. The number of amides is 2. The van der Waals surface area contributed by atoms with Gasteiger partial charge in [0, 0.05) is 25.1 Å². The van der Waals surface area contributed by atoms with Crippen LogP contribution in [0.1, 0.15) is 69.9 Å². The lowest BCUT2D eigenvalue weighted by Crippen LogP contribution is -2.39. The molecule has 27 heavy (non-hydrogen) atoms. The molecule has 0 bridgehead atoms. The van der Waals surface area contributed by atoms with Crippen LogP contribution in [0.5, 0.6) is 0 Å². The van der Waals surface area contributed by atoms with Gasteiger partial charge < -0.3 is 16.0 Å². The third-order valence-electron chi connectivity index (χ3n) is 6.04. The minimum absolute atomic E-state index is 0. The molecule has 3 rings (SSSR count). The zero-order valence-electron chi connectivity index (χ0n) is 16.2. The monoisotopic (exact) mass is 393 g/mol. The fourth-order valence-corrected chi connectivity index (χ4v) is 4.34. The Balaban J connectivity index is 0.00000261. The third-order valence-corrected chi connectivity index (χ3v) is 6.04. The van der Waals surface area contributed by atoms with Crippen molar-refractivity contribution in [1.29, 1.82) is 0 Å². The number of carbonyl (C=O) groups is 2. The number of nitrogens with zero attached hydrogens (tertiary/aromatic N) is 1. The van der Waals surface area contributed by atoms with Gasteiger partial charge in [-0.05, 0) is 55.8 Å². The van der Waals surface area contributed by atoms with Crippen LogP contribution in [-0.4, -0.2) is 24.9 Å². The molecule has 2 fully saturated rings. The summed E-state index contributed by atoms with van der Waals surface area (Å²) in [4.78, 5) is 26.2. The number of nitrogens with two attached hydrogens (primary N) is 1. The number of benzene rings is 1. The topological polar surface area (TPSA) is 75.4 Å². The van der Waals surface area contributed by atoms with Gasteiger partial charge >= 0.3 is 0 Å². The van der Waals surface area contributed by atoms with Gasteiger partial charge in [0.25, 0.3) is 0 Å². The number of anilines is 1. The second kappa shape index (κ2) is 9.56. The van der Waals surface area contributed by atoms with E-state index in [2.05, 4.69) is 5.32 Å². The Morgan fingerprint density at radius 2 is 1.85 bits per heavy atom. The smallest absolute Gasteiger partial charge is 0.227 e. The van der Waals surface area contributed by atoms with Crippen LogP contribution in [0.3, 0.4) is 0 Å². The Morgan fingerprint density at radius 1 is 1.19 bits per heavy atom. The standard InChI is InChI=1S/C21H31N3O2.ClH/c1-16(23-19(25)14-21(15-22)11-3-2-4-12-21)17-7-9-18(10-8-17)24-13-5-6-20(24)26;/h7-10,16H,2-6,11-15,22H2,1H3,(H,23,25);1H. The second-order valence-corrected chi connectivity index (χ2v) is 7.97. The molecule has 0 spiro atoms. The van der Waals surface area contributed by atoms with Crippen LogP contribution < -0.4 is 16.0 Å². The number of rotatable bonds is 6. The molecular weight excluding hydrogens is 362 g/mol. The third kappa shape index (κ3) is 5.23. The summed E-state index contributed by atoms with van der Waals surface area (Å²) < 4.78 is 0. The van der Waals surface area contributed by atoms with Crippen molar-refractivity contribution < 1.29 is 9.59 Å². The predicted molar refractivity (Wildman–Crippen MR) is 111 cm³/mol. The first-order chi connectivity index (χ1) is 12.5. The number of hydrogen-bond donors (Lipinski definition) is 2. The lowest BCUT2D eigenvalue weighted by Gasteiger charge is -2.36. The summed E-state index contributed by atoms with van der Waals surface area (Å²) in [5.74, 6) is 0.280. The molecular formula is C21H32ClN3O2.